The third kappa shape index (κ3) is 5.78. The van der Waals surface area contributed by atoms with Crippen LogP contribution in [0.25, 0.3) is 12.2 Å². The van der Waals surface area contributed by atoms with Gasteiger partial charge in [-0.3, -0.25) is 4.79 Å². The lowest BCUT2D eigenvalue weighted by Gasteiger charge is -2.30. The number of methoxy groups -OCH3 is 1. The summed E-state index contributed by atoms with van der Waals surface area (Å²) in [5.41, 5.74) is 1.38. The van der Waals surface area contributed by atoms with Crippen molar-refractivity contribution in [2.75, 3.05) is 25.5 Å². The Morgan fingerprint density at radius 2 is 1.78 bits per heavy atom. The molecule has 1 aliphatic rings. The molecule has 1 aromatic heterocycles. The molecule has 1 aliphatic heterocycles. The van der Waals surface area contributed by atoms with E-state index in [-0.39, 0.29) is 46.8 Å². The Bertz CT molecular complexity index is 1420. The number of aromatic nitrogens is 1. The number of benzene rings is 2. The average Bonchev–Trinajstić information content (AvgIpc) is 3.29. The summed E-state index contributed by atoms with van der Waals surface area (Å²) in [5, 5.41) is 6.61. The van der Waals surface area contributed by atoms with Gasteiger partial charge in [0.15, 0.2) is 10.7 Å². The number of nitrogens with one attached hydrogen (secondary N) is 1. The minimum absolute atomic E-state index is 0.0102. The van der Waals surface area contributed by atoms with Gasteiger partial charge in [-0.05, 0) is 62.2 Å². The van der Waals surface area contributed by atoms with E-state index in [1.54, 1.807) is 42.5 Å². The molecule has 0 saturated carbocycles. The Labute approximate surface area is 214 Å². The highest BCUT2D eigenvalue weighted by Crippen LogP contribution is 2.30. The molecule has 2 aromatic carbocycles. The zero-order valence-corrected chi connectivity index (χ0v) is 21.1. The number of sulfonamides is 1. The predicted octanol–water partition coefficient (Wildman–Crippen LogP) is 4.12. The number of carbonyl (C=O) groups excluding carboxylic acids is 2. The van der Waals surface area contributed by atoms with Crippen LogP contribution in [-0.2, 0) is 19.6 Å². The summed E-state index contributed by atoms with van der Waals surface area (Å²) in [6.45, 7) is 1.81. The van der Waals surface area contributed by atoms with Gasteiger partial charge in [0.2, 0.25) is 15.9 Å². The van der Waals surface area contributed by atoms with Crippen molar-refractivity contribution in [1.29, 1.82) is 0 Å². The number of amides is 1. The van der Waals surface area contributed by atoms with E-state index in [1.165, 1.54) is 36.6 Å². The highest BCUT2D eigenvalue weighted by molar-refractivity contribution is 7.89. The van der Waals surface area contributed by atoms with Gasteiger partial charge < -0.3 is 14.6 Å². The largest absolute Gasteiger partial charge is 0.465 e. The predicted molar refractivity (Wildman–Crippen MR) is 134 cm³/mol. The summed E-state index contributed by atoms with van der Waals surface area (Å²) >= 11 is 0. The first kappa shape index (κ1) is 26.2. The highest BCUT2D eigenvalue weighted by Gasteiger charge is 2.36. The van der Waals surface area contributed by atoms with Crippen LogP contribution >= 0.6 is 0 Å². The molecule has 37 heavy (non-hydrogen) atoms. The van der Waals surface area contributed by atoms with Gasteiger partial charge in [-0.1, -0.05) is 23.4 Å². The zero-order chi connectivity index (χ0) is 26.6. The number of halogens is 1. The van der Waals surface area contributed by atoms with Crippen LogP contribution in [0, 0.1) is 18.7 Å². The van der Waals surface area contributed by atoms with Gasteiger partial charge in [-0.2, -0.15) is 4.31 Å². The number of aryl methyl sites for hydroxylation is 1. The molecule has 1 amide bonds. The van der Waals surface area contributed by atoms with E-state index in [2.05, 4.69) is 15.2 Å². The molecule has 9 nitrogen and oxygen atoms in total. The van der Waals surface area contributed by atoms with E-state index < -0.39 is 21.8 Å². The number of esters is 1. The number of piperidine rings is 1. The molecule has 1 saturated heterocycles. The first-order chi connectivity index (χ1) is 17.7. The second kappa shape index (κ2) is 11.1. The second-order valence-corrected chi connectivity index (χ2v) is 10.4. The van der Waals surface area contributed by atoms with Crippen LogP contribution in [0.5, 0.6) is 0 Å². The van der Waals surface area contributed by atoms with E-state index in [9.17, 15) is 22.4 Å². The Morgan fingerprint density at radius 3 is 2.43 bits per heavy atom. The van der Waals surface area contributed by atoms with Gasteiger partial charge in [0.25, 0.3) is 0 Å². The fourth-order valence-corrected chi connectivity index (χ4v) is 5.83. The van der Waals surface area contributed by atoms with E-state index >= 15 is 0 Å². The van der Waals surface area contributed by atoms with Gasteiger partial charge in [-0.15, -0.1) is 0 Å². The highest BCUT2D eigenvalue weighted by atomic mass is 32.2. The molecule has 194 valence electrons. The number of anilines is 1. The van der Waals surface area contributed by atoms with Crippen LogP contribution in [-0.4, -0.2) is 50.0 Å². The molecular weight excluding hydrogens is 501 g/mol. The zero-order valence-electron chi connectivity index (χ0n) is 20.3. The molecule has 1 fully saturated rings. The summed E-state index contributed by atoms with van der Waals surface area (Å²) < 4.78 is 52.0. The molecule has 0 bridgehead atoms. The third-order valence-corrected chi connectivity index (χ3v) is 8.21. The third-order valence-electron chi connectivity index (χ3n) is 6.15. The van der Waals surface area contributed by atoms with Gasteiger partial charge in [0.1, 0.15) is 11.5 Å². The lowest BCUT2D eigenvalue weighted by molar-refractivity contribution is -0.120. The molecule has 2 heterocycles. The molecule has 0 spiro atoms. The average molecular weight is 528 g/mol. The monoisotopic (exact) mass is 527 g/mol. The lowest BCUT2D eigenvalue weighted by atomic mass is 9.97. The van der Waals surface area contributed by atoms with E-state index in [0.717, 1.165) is 0 Å². The normalized spacial score (nSPS) is 15.1. The Hall–Kier alpha value is -3.83. The summed E-state index contributed by atoms with van der Waals surface area (Å²) in [6.07, 6.45) is 3.48. The first-order valence-corrected chi connectivity index (χ1v) is 13.0. The Morgan fingerprint density at radius 1 is 1.11 bits per heavy atom. The minimum Gasteiger partial charge on any atom is -0.465 e. The Balaban J connectivity index is 1.42. The van der Waals surface area contributed by atoms with Crippen molar-refractivity contribution in [2.24, 2.45) is 5.92 Å². The van der Waals surface area contributed by atoms with Gasteiger partial charge in [-0.25, -0.2) is 17.6 Å². The first-order valence-electron chi connectivity index (χ1n) is 11.6. The number of rotatable bonds is 7. The van der Waals surface area contributed by atoms with Gasteiger partial charge in [0, 0.05) is 30.3 Å². The van der Waals surface area contributed by atoms with Gasteiger partial charge in [0.05, 0.1) is 12.7 Å². The fraction of sp³-hybridized carbons (Fsp3) is 0.269. The van der Waals surface area contributed by atoms with Crippen molar-refractivity contribution >= 4 is 39.7 Å². The smallest absolute Gasteiger partial charge is 0.337 e. The Kier molecular flexibility index (Phi) is 7.84. The van der Waals surface area contributed by atoms with Crippen LogP contribution in [0.15, 0.2) is 57.9 Å². The van der Waals surface area contributed by atoms with E-state index in [4.69, 9.17) is 4.52 Å². The molecule has 1 N–H and O–H groups in total. The number of hydrogen-bond acceptors (Lipinski definition) is 7. The molecule has 0 aliphatic carbocycles. The van der Waals surface area contributed by atoms with Crippen LogP contribution in [0.2, 0.25) is 0 Å². The second-order valence-electron chi connectivity index (χ2n) is 8.55. The maximum Gasteiger partial charge on any atom is 0.337 e. The van der Waals surface area contributed by atoms with E-state index in [1.807, 2.05) is 0 Å². The topological polar surface area (TPSA) is 119 Å². The number of nitrogens with zero attached hydrogens (tertiary/aromatic N) is 2. The van der Waals surface area contributed by atoms with Crippen molar-refractivity contribution in [3.05, 3.63) is 76.9 Å². The minimum atomic E-state index is -3.96. The fourth-order valence-electron chi connectivity index (χ4n) is 4.11. The molecular formula is C26H26FN3O6S. The molecule has 3 aromatic rings. The van der Waals surface area contributed by atoms with Crippen molar-refractivity contribution in [2.45, 2.75) is 24.7 Å². The summed E-state index contributed by atoms with van der Waals surface area (Å²) in [5.74, 6) is -1.51. The van der Waals surface area contributed by atoms with Crippen LogP contribution in [0.4, 0.5) is 10.1 Å². The number of carbonyl (C=O) groups is 2. The van der Waals surface area contributed by atoms with Crippen LogP contribution < -0.4 is 5.32 Å². The van der Waals surface area contributed by atoms with Crippen molar-refractivity contribution in [3.63, 3.8) is 0 Å². The standard InChI is InChI=1S/C26H26FN3O6S/c1-17-24(23(36-29-17)12-9-18-5-3-4-6-22(18)27)37(33,34)30-15-13-19(14-16-30)25(31)28-21-10-7-20(8-11-21)26(32)35-2/h3-12,19H,13-16H2,1-2H3,(H,28,31)/b12-9+. The van der Waals surface area contributed by atoms with Crippen molar-refractivity contribution in [3.8, 4) is 0 Å². The molecule has 11 heteroatoms. The van der Waals surface area contributed by atoms with E-state index in [0.29, 0.717) is 24.1 Å². The maximum absolute atomic E-state index is 14.0. The van der Waals surface area contributed by atoms with Gasteiger partial charge >= 0.3 is 5.97 Å². The quantitative estimate of drug-likeness (QED) is 0.459. The van der Waals surface area contributed by atoms with Crippen LogP contribution in [0.1, 0.15) is 40.2 Å². The maximum atomic E-state index is 14.0. The number of hydrogen-bond donors (Lipinski definition) is 1. The summed E-state index contributed by atoms with van der Waals surface area (Å²) in [4.78, 5) is 24.2. The van der Waals surface area contributed by atoms with Crippen molar-refractivity contribution in [1.82, 2.24) is 9.46 Å². The van der Waals surface area contributed by atoms with Crippen molar-refractivity contribution < 1.29 is 31.7 Å². The number of ether oxygens (including phenoxy) is 1. The summed E-state index contributed by atoms with van der Waals surface area (Å²) in [6, 6.07) is 12.4. The molecule has 0 radical (unpaired) electrons. The van der Waals surface area contributed by atoms with Crippen LogP contribution in [0.3, 0.4) is 0 Å². The summed E-state index contributed by atoms with van der Waals surface area (Å²) in [7, 11) is -2.67. The molecule has 0 unspecified atom stereocenters. The SMILES string of the molecule is COC(=O)c1ccc(NC(=O)C2CCN(S(=O)(=O)c3c(C)noc3/C=C/c3ccccc3F)CC2)cc1. The molecule has 4 rings (SSSR count). The lowest BCUT2D eigenvalue weighted by Crippen LogP contribution is -2.41. The molecule has 0 atom stereocenters.